The summed E-state index contributed by atoms with van der Waals surface area (Å²) in [5, 5.41) is 12.2. The Kier molecular flexibility index (Phi) is 5.20. The molecule has 1 amide bonds. The van der Waals surface area contributed by atoms with Crippen molar-refractivity contribution in [1.82, 2.24) is 10.2 Å². The summed E-state index contributed by atoms with van der Waals surface area (Å²) in [6.07, 6.45) is 0.798. The zero-order valence-corrected chi connectivity index (χ0v) is 14.8. The van der Waals surface area contributed by atoms with E-state index in [4.69, 9.17) is 9.47 Å². The molecule has 0 unspecified atom stereocenters. The number of amides is 1. The number of aryl methyl sites for hydroxylation is 1. The third kappa shape index (κ3) is 3.61. The maximum atomic E-state index is 12.6. The van der Waals surface area contributed by atoms with E-state index in [-0.39, 0.29) is 5.91 Å². The molecule has 1 aromatic carbocycles. The maximum absolute atomic E-state index is 12.6. The minimum Gasteiger partial charge on any atom is -0.493 e. The lowest BCUT2D eigenvalue weighted by Gasteiger charge is -2.24. The Hall–Kier alpha value is -2.15. The monoisotopic (exact) mass is 335 g/mol. The Bertz CT molecular complexity index is 698. The number of hydrogen-bond acceptors (Lipinski definition) is 6. The summed E-state index contributed by atoms with van der Waals surface area (Å²) in [5.41, 5.74) is 0.0744. The normalized spacial score (nSPS) is 11.2. The van der Waals surface area contributed by atoms with Crippen LogP contribution in [0.15, 0.2) is 18.2 Å². The molecule has 0 aliphatic heterocycles. The van der Waals surface area contributed by atoms with Crippen LogP contribution in [0.2, 0.25) is 0 Å². The molecule has 23 heavy (non-hydrogen) atoms. The van der Waals surface area contributed by atoms with Gasteiger partial charge >= 0.3 is 0 Å². The fourth-order valence-corrected chi connectivity index (χ4v) is 2.73. The number of nitrogens with one attached hydrogen (secondary N) is 1. The van der Waals surface area contributed by atoms with Gasteiger partial charge in [0.05, 0.1) is 19.6 Å². The van der Waals surface area contributed by atoms with Gasteiger partial charge in [0.15, 0.2) is 11.5 Å². The molecule has 2 rings (SSSR count). The van der Waals surface area contributed by atoms with E-state index in [0.717, 1.165) is 17.0 Å². The molecule has 0 bridgehead atoms. The van der Waals surface area contributed by atoms with Gasteiger partial charge in [-0.05, 0) is 38.0 Å². The minimum absolute atomic E-state index is 0.150. The lowest BCUT2D eigenvalue weighted by molar-refractivity contribution is -0.120. The lowest BCUT2D eigenvalue weighted by Crippen LogP contribution is -2.34. The molecule has 0 fully saturated rings. The maximum Gasteiger partial charge on any atom is 0.236 e. The number of methoxy groups -OCH3 is 2. The van der Waals surface area contributed by atoms with Crippen molar-refractivity contribution in [1.29, 1.82) is 0 Å². The first kappa shape index (κ1) is 17.2. The summed E-state index contributed by atoms with van der Waals surface area (Å²) >= 11 is 1.39. The molecule has 1 N–H and O–H groups in total. The van der Waals surface area contributed by atoms with Crippen LogP contribution < -0.4 is 14.8 Å². The Morgan fingerprint density at radius 3 is 2.48 bits per heavy atom. The number of ether oxygens (including phenoxy) is 2. The SMILES string of the molecule is CCc1nnc(NC(=O)C(C)(C)c2ccc(OC)c(OC)c2)s1. The summed E-state index contributed by atoms with van der Waals surface area (Å²) in [5.74, 6) is 1.07. The van der Waals surface area contributed by atoms with Crippen LogP contribution in [0.3, 0.4) is 0 Å². The van der Waals surface area contributed by atoms with Gasteiger partial charge in [0.1, 0.15) is 5.01 Å². The first-order chi connectivity index (χ1) is 10.9. The highest BCUT2D eigenvalue weighted by Gasteiger charge is 2.31. The van der Waals surface area contributed by atoms with Crippen molar-refractivity contribution in [3.05, 3.63) is 28.8 Å². The first-order valence-electron chi connectivity index (χ1n) is 7.28. The number of rotatable bonds is 6. The fourth-order valence-electron chi connectivity index (χ4n) is 2.06. The molecule has 0 aliphatic rings. The third-order valence-electron chi connectivity index (χ3n) is 3.66. The third-order valence-corrected chi connectivity index (χ3v) is 4.65. The highest BCUT2D eigenvalue weighted by atomic mass is 32.1. The van der Waals surface area contributed by atoms with Crippen molar-refractivity contribution in [2.75, 3.05) is 19.5 Å². The number of benzene rings is 1. The number of hydrogen-bond donors (Lipinski definition) is 1. The average Bonchev–Trinajstić information content (AvgIpc) is 3.01. The standard InChI is InChI=1S/C16H21N3O3S/c1-6-13-18-19-15(23-13)17-14(20)16(2,3)10-7-8-11(21-4)12(9-10)22-5/h7-9H,6H2,1-5H3,(H,17,19,20). The molecule has 2 aromatic rings. The second-order valence-electron chi connectivity index (χ2n) is 5.50. The van der Waals surface area contributed by atoms with Crippen molar-refractivity contribution < 1.29 is 14.3 Å². The molecule has 124 valence electrons. The van der Waals surface area contributed by atoms with Crippen LogP contribution in [-0.4, -0.2) is 30.3 Å². The van der Waals surface area contributed by atoms with Crippen LogP contribution in [0.4, 0.5) is 5.13 Å². The molecule has 0 spiro atoms. The number of carbonyl (C=O) groups is 1. The quantitative estimate of drug-likeness (QED) is 0.878. The van der Waals surface area contributed by atoms with E-state index >= 15 is 0 Å². The van der Waals surface area contributed by atoms with E-state index in [1.54, 1.807) is 20.3 Å². The van der Waals surface area contributed by atoms with Crippen LogP contribution in [0.1, 0.15) is 31.3 Å². The number of anilines is 1. The van der Waals surface area contributed by atoms with Gasteiger partial charge in [-0.25, -0.2) is 0 Å². The van der Waals surface area contributed by atoms with E-state index in [1.807, 2.05) is 32.9 Å². The molecule has 0 saturated carbocycles. The topological polar surface area (TPSA) is 73.3 Å². The molecule has 0 radical (unpaired) electrons. The highest BCUT2D eigenvalue weighted by molar-refractivity contribution is 7.15. The van der Waals surface area contributed by atoms with E-state index in [2.05, 4.69) is 15.5 Å². The predicted octanol–water partition coefficient (Wildman–Crippen LogP) is 3.03. The predicted molar refractivity (Wildman–Crippen MR) is 90.5 cm³/mol. The molecular formula is C16H21N3O3S. The number of carbonyl (C=O) groups excluding carboxylic acids is 1. The van der Waals surface area contributed by atoms with E-state index in [0.29, 0.717) is 16.6 Å². The largest absolute Gasteiger partial charge is 0.493 e. The Labute approximate surface area is 139 Å². The number of nitrogens with zero attached hydrogens (tertiary/aromatic N) is 2. The minimum atomic E-state index is -0.752. The van der Waals surface area contributed by atoms with Gasteiger partial charge in [-0.2, -0.15) is 0 Å². The van der Waals surface area contributed by atoms with Crippen molar-refractivity contribution in [3.63, 3.8) is 0 Å². The highest BCUT2D eigenvalue weighted by Crippen LogP contribution is 2.34. The van der Waals surface area contributed by atoms with Crippen molar-refractivity contribution in [2.45, 2.75) is 32.6 Å². The molecule has 0 atom stereocenters. The Morgan fingerprint density at radius 1 is 1.22 bits per heavy atom. The van der Waals surface area contributed by atoms with Crippen LogP contribution in [0.5, 0.6) is 11.5 Å². The van der Waals surface area contributed by atoms with Gasteiger partial charge in [0, 0.05) is 0 Å². The summed E-state index contributed by atoms with van der Waals surface area (Å²) in [6.45, 7) is 5.70. The molecule has 1 aromatic heterocycles. The summed E-state index contributed by atoms with van der Waals surface area (Å²) < 4.78 is 10.5. The molecule has 6 nitrogen and oxygen atoms in total. The zero-order chi connectivity index (χ0) is 17.0. The zero-order valence-electron chi connectivity index (χ0n) is 14.0. The fraction of sp³-hybridized carbons (Fsp3) is 0.438. The molecule has 1 heterocycles. The van der Waals surface area contributed by atoms with Gasteiger partial charge in [-0.15, -0.1) is 10.2 Å². The van der Waals surface area contributed by atoms with Crippen molar-refractivity contribution >= 4 is 22.4 Å². The average molecular weight is 335 g/mol. The smallest absolute Gasteiger partial charge is 0.236 e. The van der Waals surface area contributed by atoms with Gasteiger partial charge in [-0.3, -0.25) is 10.1 Å². The van der Waals surface area contributed by atoms with Crippen molar-refractivity contribution in [3.8, 4) is 11.5 Å². The molecular weight excluding hydrogens is 314 g/mol. The lowest BCUT2D eigenvalue weighted by atomic mass is 9.83. The van der Waals surface area contributed by atoms with Crippen LogP contribution >= 0.6 is 11.3 Å². The van der Waals surface area contributed by atoms with Gasteiger partial charge in [0.25, 0.3) is 0 Å². The summed E-state index contributed by atoms with van der Waals surface area (Å²) in [7, 11) is 3.15. The Morgan fingerprint density at radius 2 is 1.91 bits per heavy atom. The van der Waals surface area contributed by atoms with Crippen LogP contribution in [0, 0.1) is 0 Å². The van der Waals surface area contributed by atoms with E-state index in [1.165, 1.54) is 11.3 Å². The molecule has 0 saturated heterocycles. The van der Waals surface area contributed by atoms with Gasteiger partial charge in [-0.1, -0.05) is 24.3 Å². The second kappa shape index (κ2) is 6.95. The Balaban J connectivity index is 2.24. The van der Waals surface area contributed by atoms with E-state index in [9.17, 15) is 4.79 Å². The van der Waals surface area contributed by atoms with E-state index < -0.39 is 5.41 Å². The first-order valence-corrected chi connectivity index (χ1v) is 8.10. The second-order valence-corrected chi connectivity index (χ2v) is 6.57. The molecule has 0 aliphatic carbocycles. The number of aromatic nitrogens is 2. The van der Waals surface area contributed by atoms with Gasteiger partial charge in [0.2, 0.25) is 11.0 Å². The summed E-state index contributed by atoms with van der Waals surface area (Å²) in [4.78, 5) is 12.6. The van der Waals surface area contributed by atoms with Crippen molar-refractivity contribution in [2.24, 2.45) is 0 Å². The van der Waals surface area contributed by atoms with Crippen LogP contribution in [-0.2, 0) is 16.6 Å². The molecule has 7 heteroatoms. The summed E-state index contributed by atoms with van der Waals surface area (Å²) in [6, 6.07) is 5.47. The van der Waals surface area contributed by atoms with Crippen LogP contribution in [0.25, 0.3) is 0 Å². The van der Waals surface area contributed by atoms with Gasteiger partial charge < -0.3 is 9.47 Å².